The van der Waals surface area contributed by atoms with Gasteiger partial charge in [0.1, 0.15) is 5.57 Å². The number of carbonyl (C=O) groups excluding carboxylic acids is 2. The Balaban J connectivity index is 2.92. The highest BCUT2D eigenvalue weighted by atomic mass is 16.2. The summed E-state index contributed by atoms with van der Waals surface area (Å²) in [6, 6.07) is 9.04. The first-order valence-corrected chi connectivity index (χ1v) is 6.01. The van der Waals surface area contributed by atoms with E-state index in [0.717, 1.165) is 0 Å². The molecule has 0 radical (unpaired) electrons. The van der Waals surface area contributed by atoms with Gasteiger partial charge in [0.15, 0.2) is 0 Å². The molecule has 0 saturated heterocycles. The molecule has 0 saturated carbocycles. The second-order valence-electron chi connectivity index (χ2n) is 4.38. The molecule has 0 fully saturated rings. The Morgan fingerprint density at radius 1 is 1.26 bits per heavy atom. The molecule has 0 aromatic heterocycles. The van der Waals surface area contributed by atoms with Gasteiger partial charge in [-0.25, -0.2) is 0 Å². The van der Waals surface area contributed by atoms with E-state index in [1.165, 1.54) is 4.90 Å². The Kier molecular flexibility index (Phi) is 5.10. The zero-order valence-corrected chi connectivity index (χ0v) is 11.4. The molecule has 4 heteroatoms. The maximum atomic E-state index is 12.2. The number of nitrogens with one attached hydrogen (secondary N) is 1. The fourth-order valence-electron chi connectivity index (χ4n) is 1.52. The maximum Gasteiger partial charge on any atom is 0.271 e. The van der Waals surface area contributed by atoms with E-state index in [4.69, 9.17) is 0 Å². The molecule has 100 valence electrons. The van der Waals surface area contributed by atoms with Crippen LogP contribution in [0.15, 0.2) is 48.2 Å². The molecule has 0 heterocycles. The van der Waals surface area contributed by atoms with Crippen LogP contribution in [0, 0.1) is 0 Å². The van der Waals surface area contributed by atoms with Crippen LogP contribution in [0.1, 0.15) is 13.8 Å². The summed E-state index contributed by atoms with van der Waals surface area (Å²) in [4.78, 5) is 25.5. The molecular formula is C15H18N2O2. The number of hydrogen-bond donors (Lipinski definition) is 1. The first kappa shape index (κ1) is 14.7. The molecule has 0 bridgehead atoms. The quantitative estimate of drug-likeness (QED) is 0.388. The molecule has 0 aliphatic rings. The average molecular weight is 258 g/mol. The van der Waals surface area contributed by atoms with Crippen molar-refractivity contribution < 1.29 is 9.59 Å². The highest BCUT2D eigenvalue weighted by Gasteiger charge is 2.22. The van der Waals surface area contributed by atoms with Crippen molar-refractivity contribution in [3.8, 4) is 0 Å². The number of likely N-dealkylation sites (N-methyl/N-ethyl adjacent to an activating group) is 1. The van der Waals surface area contributed by atoms with E-state index in [1.807, 2.05) is 32.0 Å². The van der Waals surface area contributed by atoms with Gasteiger partial charge in [-0.2, -0.15) is 0 Å². The third-order valence-corrected chi connectivity index (χ3v) is 2.49. The molecule has 0 aliphatic heterocycles. The molecule has 0 unspecified atom stereocenters. The Labute approximate surface area is 113 Å². The summed E-state index contributed by atoms with van der Waals surface area (Å²) in [5, 5.41) is 2.66. The van der Waals surface area contributed by atoms with E-state index in [-0.39, 0.29) is 11.6 Å². The van der Waals surface area contributed by atoms with Crippen LogP contribution in [0.2, 0.25) is 0 Å². The SMILES string of the molecule is C=C=C(C(=O)NC(C)C)C(=O)N(C)c1ccccc1. The van der Waals surface area contributed by atoms with Crippen LogP contribution in [-0.2, 0) is 9.59 Å². The van der Waals surface area contributed by atoms with Gasteiger partial charge >= 0.3 is 0 Å². The molecule has 2 amide bonds. The van der Waals surface area contributed by atoms with Gasteiger partial charge in [-0.1, -0.05) is 24.8 Å². The summed E-state index contributed by atoms with van der Waals surface area (Å²) in [6.45, 7) is 7.06. The Hall–Kier alpha value is -2.32. The van der Waals surface area contributed by atoms with Crippen LogP contribution in [0.5, 0.6) is 0 Å². The zero-order valence-electron chi connectivity index (χ0n) is 11.4. The third kappa shape index (κ3) is 3.83. The number of rotatable bonds is 4. The molecule has 1 aromatic carbocycles. The summed E-state index contributed by atoms with van der Waals surface area (Å²) < 4.78 is 0. The Bertz CT molecular complexity index is 514. The Morgan fingerprint density at radius 2 is 1.84 bits per heavy atom. The van der Waals surface area contributed by atoms with Crippen molar-refractivity contribution in [1.82, 2.24) is 5.32 Å². The van der Waals surface area contributed by atoms with Crippen LogP contribution in [0.25, 0.3) is 0 Å². The lowest BCUT2D eigenvalue weighted by Gasteiger charge is -2.18. The number of amides is 2. The van der Waals surface area contributed by atoms with E-state index in [9.17, 15) is 9.59 Å². The lowest BCUT2D eigenvalue weighted by molar-refractivity contribution is -0.122. The first-order valence-electron chi connectivity index (χ1n) is 6.01. The highest BCUT2D eigenvalue weighted by Crippen LogP contribution is 2.13. The number of hydrogen-bond acceptors (Lipinski definition) is 2. The van der Waals surface area contributed by atoms with Crippen molar-refractivity contribution in [3.05, 3.63) is 48.2 Å². The molecule has 0 spiro atoms. The molecule has 1 N–H and O–H groups in total. The summed E-state index contributed by atoms with van der Waals surface area (Å²) >= 11 is 0. The Morgan fingerprint density at radius 3 is 2.32 bits per heavy atom. The minimum absolute atomic E-state index is 0.0503. The lowest BCUT2D eigenvalue weighted by atomic mass is 10.2. The van der Waals surface area contributed by atoms with Crippen molar-refractivity contribution in [2.24, 2.45) is 0 Å². The van der Waals surface area contributed by atoms with Gasteiger partial charge in [-0.05, 0) is 26.0 Å². The van der Waals surface area contributed by atoms with Gasteiger partial charge in [0.25, 0.3) is 11.8 Å². The van der Waals surface area contributed by atoms with Gasteiger partial charge in [-0.15, -0.1) is 5.73 Å². The van der Waals surface area contributed by atoms with Crippen molar-refractivity contribution in [2.75, 3.05) is 11.9 Å². The first-order chi connectivity index (χ1) is 8.97. The fourth-order valence-corrected chi connectivity index (χ4v) is 1.52. The zero-order chi connectivity index (χ0) is 14.4. The molecule has 1 rings (SSSR count). The van der Waals surface area contributed by atoms with E-state index in [0.29, 0.717) is 5.69 Å². The van der Waals surface area contributed by atoms with Crippen LogP contribution in [0.4, 0.5) is 5.69 Å². The minimum Gasteiger partial charge on any atom is -0.349 e. The second kappa shape index (κ2) is 6.57. The summed E-state index contributed by atoms with van der Waals surface area (Å²) in [6.07, 6.45) is 0. The molecule has 4 nitrogen and oxygen atoms in total. The van der Waals surface area contributed by atoms with Gasteiger partial charge in [-0.3, -0.25) is 9.59 Å². The number of para-hydroxylation sites is 1. The largest absolute Gasteiger partial charge is 0.349 e. The lowest BCUT2D eigenvalue weighted by Crippen LogP contribution is -2.38. The van der Waals surface area contributed by atoms with Crippen molar-refractivity contribution in [3.63, 3.8) is 0 Å². The minimum atomic E-state index is -0.460. The van der Waals surface area contributed by atoms with Gasteiger partial charge in [0, 0.05) is 18.8 Å². The molecule has 0 atom stereocenters. The normalized spacial score (nSPS) is 9.68. The third-order valence-electron chi connectivity index (χ3n) is 2.49. The summed E-state index contributed by atoms with van der Waals surface area (Å²) in [5.74, 6) is -0.892. The van der Waals surface area contributed by atoms with E-state index in [2.05, 4.69) is 17.6 Å². The highest BCUT2D eigenvalue weighted by molar-refractivity contribution is 6.23. The topological polar surface area (TPSA) is 49.4 Å². The van der Waals surface area contributed by atoms with Crippen molar-refractivity contribution in [2.45, 2.75) is 19.9 Å². The van der Waals surface area contributed by atoms with Crippen molar-refractivity contribution in [1.29, 1.82) is 0 Å². The number of nitrogens with zero attached hydrogens (tertiary/aromatic N) is 1. The van der Waals surface area contributed by atoms with E-state index < -0.39 is 11.8 Å². The molecule has 19 heavy (non-hydrogen) atoms. The smallest absolute Gasteiger partial charge is 0.271 e. The maximum absolute atomic E-state index is 12.2. The van der Waals surface area contributed by atoms with Crippen LogP contribution in [0.3, 0.4) is 0 Å². The van der Waals surface area contributed by atoms with Crippen LogP contribution >= 0.6 is 0 Å². The standard InChI is InChI=1S/C15H18N2O2/c1-5-13(14(18)16-11(2)3)15(19)17(4)12-9-7-6-8-10-12/h6-11H,1H2,2-4H3,(H,16,18). The van der Waals surface area contributed by atoms with Crippen LogP contribution < -0.4 is 10.2 Å². The monoisotopic (exact) mass is 258 g/mol. The van der Waals surface area contributed by atoms with Gasteiger partial charge < -0.3 is 10.2 Å². The number of benzene rings is 1. The molecule has 1 aromatic rings. The molecule has 0 aliphatic carbocycles. The van der Waals surface area contributed by atoms with E-state index in [1.54, 1.807) is 19.2 Å². The summed E-state index contributed by atoms with van der Waals surface area (Å²) in [7, 11) is 1.61. The molecular weight excluding hydrogens is 240 g/mol. The van der Waals surface area contributed by atoms with E-state index >= 15 is 0 Å². The predicted molar refractivity (Wildman–Crippen MR) is 75.8 cm³/mol. The van der Waals surface area contributed by atoms with Crippen LogP contribution in [-0.4, -0.2) is 24.9 Å². The number of anilines is 1. The van der Waals surface area contributed by atoms with Crippen molar-refractivity contribution >= 4 is 17.5 Å². The van der Waals surface area contributed by atoms with Gasteiger partial charge in [0.2, 0.25) is 0 Å². The second-order valence-corrected chi connectivity index (χ2v) is 4.38. The average Bonchev–Trinajstić information content (AvgIpc) is 2.38. The number of carbonyl (C=O) groups is 2. The predicted octanol–water partition coefficient (Wildman–Crippen LogP) is 1.89. The van der Waals surface area contributed by atoms with Gasteiger partial charge in [0.05, 0.1) is 0 Å². The fraction of sp³-hybridized carbons (Fsp3) is 0.267. The summed E-state index contributed by atoms with van der Waals surface area (Å²) in [5.41, 5.74) is 3.04.